The van der Waals surface area contributed by atoms with Crippen LogP contribution in [0, 0.1) is 5.92 Å². The summed E-state index contributed by atoms with van der Waals surface area (Å²) in [7, 11) is 0. The van der Waals surface area contributed by atoms with Crippen molar-refractivity contribution in [2.75, 3.05) is 6.54 Å². The van der Waals surface area contributed by atoms with Crippen LogP contribution >= 0.6 is 0 Å². The molecule has 1 aromatic carbocycles. The second-order valence-corrected chi connectivity index (χ2v) is 4.17. The molecule has 1 saturated carbocycles. The van der Waals surface area contributed by atoms with Crippen molar-refractivity contribution in [3.8, 4) is 0 Å². The molecule has 0 aromatic heterocycles. The van der Waals surface area contributed by atoms with Gasteiger partial charge in [0.05, 0.1) is 0 Å². The van der Waals surface area contributed by atoms with E-state index in [1.54, 1.807) is 0 Å². The lowest BCUT2D eigenvalue weighted by molar-refractivity contribution is 0.0935. The quantitative estimate of drug-likeness (QED) is 0.776. The van der Waals surface area contributed by atoms with Crippen LogP contribution < -0.4 is 11.1 Å². The lowest BCUT2D eigenvalue weighted by Crippen LogP contribution is -2.42. The van der Waals surface area contributed by atoms with Crippen molar-refractivity contribution in [2.24, 2.45) is 11.7 Å². The molecule has 0 aliphatic heterocycles. The number of carbonyl (C=O) groups is 1. The van der Waals surface area contributed by atoms with Crippen LogP contribution in [0.4, 0.5) is 0 Å². The smallest absolute Gasteiger partial charge is 0.251 e. The largest absolute Gasteiger partial charge is 0.352 e. The Morgan fingerprint density at radius 3 is 2.60 bits per heavy atom. The van der Waals surface area contributed by atoms with Crippen molar-refractivity contribution < 1.29 is 4.79 Å². The number of benzene rings is 1. The van der Waals surface area contributed by atoms with Gasteiger partial charge in [0.2, 0.25) is 0 Å². The Morgan fingerprint density at radius 1 is 1.33 bits per heavy atom. The summed E-state index contributed by atoms with van der Waals surface area (Å²) in [5, 5.41) is 2.93. The van der Waals surface area contributed by atoms with Crippen LogP contribution in [-0.4, -0.2) is 18.5 Å². The molecule has 0 bridgehead atoms. The van der Waals surface area contributed by atoms with Crippen molar-refractivity contribution in [2.45, 2.75) is 18.9 Å². The summed E-state index contributed by atoms with van der Waals surface area (Å²) in [6.07, 6.45) is 2.07. The fraction of sp³-hybridized carbons (Fsp3) is 0.417. The normalized spacial score (nSPS) is 24.3. The second kappa shape index (κ2) is 4.45. The predicted octanol–water partition coefficient (Wildman–Crippen LogP) is 1.15. The van der Waals surface area contributed by atoms with E-state index in [0.29, 0.717) is 12.0 Å². The molecule has 0 atom stereocenters. The molecule has 0 spiro atoms. The fourth-order valence-electron chi connectivity index (χ4n) is 1.88. The number of hydrogen-bond acceptors (Lipinski definition) is 2. The van der Waals surface area contributed by atoms with E-state index >= 15 is 0 Å². The highest BCUT2D eigenvalue weighted by Gasteiger charge is 2.25. The number of rotatable bonds is 3. The minimum atomic E-state index is 0.0103. The first-order valence-electron chi connectivity index (χ1n) is 5.34. The predicted molar refractivity (Wildman–Crippen MR) is 59.5 cm³/mol. The maximum atomic E-state index is 11.6. The zero-order valence-electron chi connectivity index (χ0n) is 8.65. The summed E-state index contributed by atoms with van der Waals surface area (Å²) in [5.74, 6) is 0.587. The van der Waals surface area contributed by atoms with Gasteiger partial charge in [-0.15, -0.1) is 0 Å². The van der Waals surface area contributed by atoms with Crippen molar-refractivity contribution in [3.63, 3.8) is 0 Å². The summed E-state index contributed by atoms with van der Waals surface area (Å²) in [4.78, 5) is 11.6. The van der Waals surface area contributed by atoms with Crippen molar-refractivity contribution >= 4 is 5.91 Å². The van der Waals surface area contributed by atoms with Gasteiger partial charge in [0, 0.05) is 18.2 Å². The van der Waals surface area contributed by atoms with Gasteiger partial charge < -0.3 is 11.1 Å². The van der Waals surface area contributed by atoms with E-state index in [1.807, 2.05) is 30.3 Å². The van der Waals surface area contributed by atoms with Gasteiger partial charge in [-0.25, -0.2) is 0 Å². The van der Waals surface area contributed by atoms with Crippen LogP contribution in [0.15, 0.2) is 30.3 Å². The zero-order valence-corrected chi connectivity index (χ0v) is 8.65. The van der Waals surface area contributed by atoms with Gasteiger partial charge in [-0.3, -0.25) is 4.79 Å². The summed E-state index contributed by atoms with van der Waals surface area (Å²) >= 11 is 0. The molecule has 0 saturated heterocycles. The molecule has 3 N–H and O–H groups in total. The van der Waals surface area contributed by atoms with E-state index in [9.17, 15) is 4.79 Å². The van der Waals surface area contributed by atoms with Crippen LogP contribution in [0.5, 0.6) is 0 Å². The molecule has 1 fully saturated rings. The molecule has 80 valence electrons. The molecule has 0 unspecified atom stereocenters. The second-order valence-electron chi connectivity index (χ2n) is 4.17. The van der Waals surface area contributed by atoms with E-state index in [0.717, 1.165) is 24.9 Å². The Kier molecular flexibility index (Phi) is 3.02. The van der Waals surface area contributed by atoms with Crippen LogP contribution in [0.1, 0.15) is 23.2 Å². The van der Waals surface area contributed by atoms with Gasteiger partial charge in [0.1, 0.15) is 0 Å². The van der Waals surface area contributed by atoms with Gasteiger partial charge in [0.25, 0.3) is 5.91 Å². The fourth-order valence-corrected chi connectivity index (χ4v) is 1.88. The number of nitrogens with two attached hydrogens (primary N) is 1. The van der Waals surface area contributed by atoms with Crippen LogP contribution in [0.25, 0.3) is 0 Å². The molecule has 1 aliphatic carbocycles. The molecule has 1 aliphatic rings. The number of hydrogen-bond donors (Lipinski definition) is 2. The highest BCUT2D eigenvalue weighted by atomic mass is 16.1. The molecule has 0 radical (unpaired) electrons. The van der Waals surface area contributed by atoms with Gasteiger partial charge >= 0.3 is 0 Å². The first-order valence-corrected chi connectivity index (χ1v) is 5.34. The topological polar surface area (TPSA) is 55.1 Å². The van der Waals surface area contributed by atoms with Gasteiger partial charge in [-0.2, -0.15) is 0 Å². The Morgan fingerprint density at radius 2 is 2.00 bits per heavy atom. The average Bonchev–Trinajstić information content (AvgIpc) is 2.23. The first-order chi connectivity index (χ1) is 7.25. The van der Waals surface area contributed by atoms with Crippen molar-refractivity contribution in [1.82, 2.24) is 5.32 Å². The molecule has 1 aromatic rings. The third-order valence-electron chi connectivity index (χ3n) is 2.86. The van der Waals surface area contributed by atoms with Crippen molar-refractivity contribution in [3.05, 3.63) is 35.9 Å². The van der Waals surface area contributed by atoms with Crippen molar-refractivity contribution in [1.29, 1.82) is 0 Å². The lowest BCUT2D eigenvalue weighted by Gasteiger charge is -2.32. The zero-order chi connectivity index (χ0) is 10.7. The van der Waals surface area contributed by atoms with E-state index in [1.165, 1.54) is 0 Å². The molecule has 15 heavy (non-hydrogen) atoms. The monoisotopic (exact) mass is 204 g/mol. The van der Waals surface area contributed by atoms with Crippen LogP contribution in [0.3, 0.4) is 0 Å². The summed E-state index contributed by atoms with van der Waals surface area (Å²) < 4.78 is 0. The third-order valence-corrected chi connectivity index (χ3v) is 2.86. The molecule has 3 nitrogen and oxygen atoms in total. The Balaban J connectivity index is 1.78. The lowest BCUT2D eigenvalue weighted by atomic mass is 9.81. The van der Waals surface area contributed by atoms with Gasteiger partial charge in [0.15, 0.2) is 0 Å². The Hall–Kier alpha value is -1.35. The average molecular weight is 204 g/mol. The third kappa shape index (κ3) is 2.57. The number of amides is 1. The molecular formula is C12H16N2O. The Bertz CT molecular complexity index is 331. The Labute approximate surface area is 89.7 Å². The molecule has 2 rings (SSSR count). The molecular weight excluding hydrogens is 188 g/mol. The highest BCUT2D eigenvalue weighted by Crippen LogP contribution is 2.24. The van der Waals surface area contributed by atoms with Crippen LogP contribution in [-0.2, 0) is 0 Å². The van der Waals surface area contributed by atoms with E-state index in [-0.39, 0.29) is 5.91 Å². The SMILES string of the molecule is NC1CC(CNC(=O)c2ccccc2)C1. The van der Waals surface area contributed by atoms with Gasteiger partial charge in [-0.05, 0) is 30.9 Å². The highest BCUT2D eigenvalue weighted by molar-refractivity contribution is 5.94. The summed E-state index contributed by atoms with van der Waals surface area (Å²) in [6, 6.07) is 9.64. The minimum Gasteiger partial charge on any atom is -0.352 e. The number of nitrogens with one attached hydrogen (secondary N) is 1. The molecule has 3 heteroatoms. The van der Waals surface area contributed by atoms with E-state index in [2.05, 4.69) is 5.32 Å². The molecule has 1 amide bonds. The molecule has 0 heterocycles. The number of carbonyl (C=O) groups excluding carboxylic acids is 1. The summed E-state index contributed by atoms with van der Waals surface area (Å²) in [6.45, 7) is 0.751. The summed E-state index contributed by atoms with van der Waals surface area (Å²) in [5.41, 5.74) is 6.40. The van der Waals surface area contributed by atoms with E-state index < -0.39 is 0 Å². The maximum Gasteiger partial charge on any atom is 0.251 e. The van der Waals surface area contributed by atoms with Gasteiger partial charge in [-0.1, -0.05) is 18.2 Å². The first kappa shape index (κ1) is 10.2. The van der Waals surface area contributed by atoms with Crippen LogP contribution in [0.2, 0.25) is 0 Å². The standard InChI is InChI=1S/C12H16N2O/c13-11-6-9(7-11)8-14-12(15)10-4-2-1-3-5-10/h1-5,9,11H,6-8,13H2,(H,14,15). The van der Waals surface area contributed by atoms with E-state index in [4.69, 9.17) is 5.73 Å². The maximum absolute atomic E-state index is 11.6. The minimum absolute atomic E-state index is 0.0103.